The Morgan fingerprint density at radius 2 is 1.38 bits per heavy atom. The Labute approximate surface area is 190 Å². The van der Waals surface area contributed by atoms with Crippen LogP contribution in [-0.4, -0.2) is 31.0 Å². The van der Waals surface area contributed by atoms with Gasteiger partial charge in [-0.25, -0.2) is 0 Å². The molecular formula is C25H20ClNO5. The number of halogens is 1. The first-order valence-corrected chi connectivity index (χ1v) is 10.2. The summed E-state index contributed by atoms with van der Waals surface area (Å²) < 4.78 is 10.4. The Hall–Kier alpha value is -3.77. The fourth-order valence-corrected chi connectivity index (χ4v) is 3.83. The van der Waals surface area contributed by atoms with Crippen molar-refractivity contribution >= 4 is 34.7 Å². The van der Waals surface area contributed by atoms with Gasteiger partial charge in [0, 0.05) is 16.3 Å². The van der Waals surface area contributed by atoms with E-state index in [4.69, 9.17) is 21.1 Å². The normalized spacial score (nSPS) is 17.5. The zero-order valence-electron chi connectivity index (χ0n) is 17.4. The molecule has 1 N–H and O–H groups in total. The summed E-state index contributed by atoms with van der Waals surface area (Å²) in [6.07, 6.45) is 0. The number of amides is 1. The van der Waals surface area contributed by atoms with Gasteiger partial charge < -0.3 is 14.6 Å². The molecule has 0 saturated carbocycles. The molecule has 1 saturated heterocycles. The number of ketones is 1. The first-order chi connectivity index (χ1) is 15.4. The summed E-state index contributed by atoms with van der Waals surface area (Å²) in [6, 6.07) is 19.4. The molecule has 162 valence electrons. The number of benzene rings is 3. The molecule has 0 unspecified atom stereocenters. The van der Waals surface area contributed by atoms with Crippen molar-refractivity contribution in [1.82, 2.24) is 0 Å². The van der Waals surface area contributed by atoms with Crippen molar-refractivity contribution in [2.45, 2.75) is 6.04 Å². The molecule has 4 rings (SSSR count). The van der Waals surface area contributed by atoms with E-state index in [1.807, 2.05) is 0 Å². The lowest BCUT2D eigenvalue weighted by atomic mass is 9.95. The maximum atomic E-state index is 13.1. The highest BCUT2D eigenvalue weighted by Gasteiger charge is 2.46. The number of aliphatic hydroxyl groups is 1. The highest BCUT2D eigenvalue weighted by molar-refractivity contribution is 6.51. The molecule has 6 nitrogen and oxygen atoms in total. The Kier molecular flexibility index (Phi) is 5.88. The summed E-state index contributed by atoms with van der Waals surface area (Å²) in [5.74, 6) is -0.516. The third-order valence-electron chi connectivity index (χ3n) is 5.34. The predicted molar refractivity (Wildman–Crippen MR) is 122 cm³/mol. The average molecular weight is 450 g/mol. The molecule has 32 heavy (non-hydrogen) atoms. The maximum absolute atomic E-state index is 13.1. The molecule has 0 spiro atoms. The van der Waals surface area contributed by atoms with E-state index in [0.717, 1.165) is 0 Å². The molecule has 0 bridgehead atoms. The lowest BCUT2D eigenvalue weighted by Crippen LogP contribution is -2.29. The second-order valence-electron chi connectivity index (χ2n) is 7.15. The number of nitrogens with zero attached hydrogens (tertiary/aromatic N) is 1. The van der Waals surface area contributed by atoms with Gasteiger partial charge in [-0.3, -0.25) is 14.5 Å². The first-order valence-electron chi connectivity index (χ1n) is 9.79. The first kappa shape index (κ1) is 21.5. The van der Waals surface area contributed by atoms with E-state index in [-0.39, 0.29) is 11.3 Å². The number of carbonyl (C=O) groups is 2. The standard InChI is InChI=1S/C25H20ClNO5/c1-31-19-11-5-15(6-12-19)22-21(23(28)16-3-7-17(26)8-4-16)24(29)25(30)27(22)18-9-13-20(32-2)14-10-18/h3-14,22,28H,1-2H3/t22-/m0/s1. The summed E-state index contributed by atoms with van der Waals surface area (Å²) in [5.41, 5.74) is 1.54. The minimum Gasteiger partial charge on any atom is -0.507 e. The molecule has 1 aliphatic rings. The van der Waals surface area contributed by atoms with Crippen LogP contribution in [0.3, 0.4) is 0 Å². The molecule has 0 radical (unpaired) electrons. The van der Waals surface area contributed by atoms with Crippen molar-refractivity contribution in [2.75, 3.05) is 19.1 Å². The number of hydrogen-bond acceptors (Lipinski definition) is 5. The van der Waals surface area contributed by atoms with Gasteiger partial charge >= 0.3 is 0 Å². The van der Waals surface area contributed by atoms with Crippen molar-refractivity contribution in [3.63, 3.8) is 0 Å². The summed E-state index contributed by atoms with van der Waals surface area (Å²) in [6.45, 7) is 0. The van der Waals surface area contributed by atoms with E-state index < -0.39 is 17.7 Å². The van der Waals surface area contributed by atoms with Gasteiger partial charge in [-0.2, -0.15) is 0 Å². The predicted octanol–water partition coefficient (Wildman–Crippen LogP) is 4.98. The number of rotatable bonds is 5. The number of Topliss-reactive ketones (excluding diaryl/α,β-unsaturated/α-hetero) is 1. The van der Waals surface area contributed by atoms with Gasteiger partial charge in [-0.05, 0) is 66.2 Å². The molecule has 1 fully saturated rings. The van der Waals surface area contributed by atoms with Gasteiger partial charge in [0.05, 0.1) is 25.8 Å². The molecular weight excluding hydrogens is 430 g/mol. The summed E-state index contributed by atoms with van der Waals surface area (Å²) in [7, 11) is 3.10. The van der Waals surface area contributed by atoms with Crippen LogP contribution in [0.25, 0.3) is 5.76 Å². The van der Waals surface area contributed by atoms with Crippen molar-refractivity contribution in [3.05, 3.63) is 94.5 Å². The van der Waals surface area contributed by atoms with Gasteiger partial charge in [-0.1, -0.05) is 23.7 Å². The van der Waals surface area contributed by atoms with E-state index >= 15 is 0 Å². The molecule has 3 aromatic carbocycles. The minimum absolute atomic E-state index is 0.00157. The van der Waals surface area contributed by atoms with Gasteiger partial charge in [0.1, 0.15) is 17.3 Å². The van der Waals surface area contributed by atoms with Gasteiger partial charge in [-0.15, -0.1) is 0 Å². The van der Waals surface area contributed by atoms with Crippen molar-refractivity contribution in [3.8, 4) is 11.5 Å². The van der Waals surface area contributed by atoms with Crippen LogP contribution in [0.15, 0.2) is 78.4 Å². The monoisotopic (exact) mass is 449 g/mol. The number of hydrogen-bond donors (Lipinski definition) is 1. The molecule has 1 heterocycles. The zero-order valence-corrected chi connectivity index (χ0v) is 18.2. The number of methoxy groups -OCH3 is 2. The third-order valence-corrected chi connectivity index (χ3v) is 5.60. The number of ether oxygens (including phenoxy) is 2. The third kappa shape index (κ3) is 3.81. The molecule has 7 heteroatoms. The van der Waals surface area contributed by atoms with Crippen molar-refractivity contribution in [2.24, 2.45) is 0 Å². The van der Waals surface area contributed by atoms with Crippen LogP contribution in [0, 0.1) is 0 Å². The topological polar surface area (TPSA) is 76.1 Å². The Morgan fingerprint density at radius 3 is 1.91 bits per heavy atom. The lowest BCUT2D eigenvalue weighted by molar-refractivity contribution is -0.132. The minimum atomic E-state index is -0.829. The Morgan fingerprint density at radius 1 is 0.844 bits per heavy atom. The van der Waals surface area contributed by atoms with Crippen molar-refractivity contribution < 1.29 is 24.2 Å². The maximum Gasteiger partial charge on any atom is 0.300 e. The number of aliphatic hydroxyl groups excluding tert-OH is 1. The molecule has 0 aliphatic carbocycles. The van der Waals surface area contributed by atoms with E-state index in [0.29, 0.717) is 33.3 Å². The molecule has 1 aliphatic heterocycles. The van der Waals surface area contributed by atoms with Crippen LogP contribution in [0.2, 0.25) is 5.02 Å². The second-order valence-corrected chi connectivity index (χ2v) is 7.58. The molecule has 3 aromatic rings. The Balaban J connectivity index is 1.90. The quantitative estimate of drug-likeness (QED) is 0.337. The van der Waals surface area contributed by atoms with Gasteiger partial charge in [0.2, 0.25) is 0 Å². The highest BCUT2D eigenvalue weighted by Crippen LogP contribution is 2.42. The van der Waals surface area contributed by atoms with Gasteiger partial charge in [0.25, 0.3) is 11.7 Å². The SMILES string of the molecule is COc1ccc([C@H]2C(=C(O)c3ccc(Cl)cc3)C(=O)C(=O)N2c2ccc(OC)cc2)cc1. The van der Waals surface area contributed by atoms with Gasteiger partial charge in [0.15, 0.2) is 0 Å². The number of anilines is 1. The van der Waals surface area contributed by atoms with Crippen LogP contribution in [0.5, 0.6) is 11.5 Å². The summed E-state index contributed by atoms with van der Waals surface area (Å²) >= 11 is 5.96. The van der Waals surface area contributed by atoms with Crippen LogP contribution in [0.4, 0.5) is 5.69 Å². The fraction of sp³-hybridized carbons (Fsp3) is 0.120. The molecule has 1 amide bonds. The highest BCUT2D eigenvalue weighted by atomic mass is 35.5. The number of carbonyl (C=O) groups excluding carboxylic acids is 2. The lowest BCUT2D eigenvalue weighted by Gasteiger charge is -2.25. The smallest absolute Gasteiger partial charge is 0.300 e. The largest absolute Gasteiger partial charge is 0.507 e. The Bertz CT molecular complexity index is 1180. The summed E-state index contributed by atoms with van der Waals surface area (Å²) in [5, 5.41) is 11.6. The van der Waals surface area contributed by atoms with Crippen LogP contribution < -0.4 is 14.4 Å². The molecule has 1 atom stereocenters. The van der Waals surface area contributed by atoms with E-state index in [2.05, 4.69) is 0 Å². The zero-order chi connectivity index (χ0) is 22.8. The average Bonchev–Trinajstić information content (AvgIpc) is 3.09. The fourth-order valence-electron chi connectivity index (χ4n) is 3.71. The van der Waals surface area contributed by atoms with E-state index in [9.17, 15) is 14.7 Å². The van der Waals surface area contributed by atoms with E-state index in [1.54, 1.807) is 87.0 Å². The van der Waals surface area contributed by atoms with Crippen LogP contribution in [-0.2, 0) is 9.59 Å². The van der Waals surface area contributed by atoms with Crippen molar-refractivity contribution in [1.29, 1.82) is 0 Å². The van der Waals surface area contributed by atoms with E-state index in [1.165, 1.54) is 4.90 Å². The molecule has 0 aromatic heterocycles. The summed E-state index contributed by atoms with van der Waals surface area (Å²) in [4.78, 5) is 27.6. The van der Waals surface area contributed by atoms with Crippen LogP contribution >= 0.6 is 11.6 Å². The second kappa shape index (κ2) is 8.77. The van der Waals surface area contributed by atoms with Crippen LogP contribution in [0.1, 0.15) is 17.2 Å².